The molecule has 1 aromatic heterocycles. The van der Waals surface area contributed by atoms with Crippen molar-refractivity contribution in [2.24, 2.45) is 0 Å². The van der Waals surface area contributed by atoms with E-state index in [0.717, 1.165) is 10.9 Å². The number of fused-ring (bicyclic) bond motifs is 1. The number of hydrogen-bond acceptors (Lipinski definition) is 3. The van der Waals surface area contributed by atoms with E-state index in [1.165, 1.54) is 0 Å². The van der Waals surface area contributed by atoms with Gasteiger partial charge in [0.25, 0.3) is 0 Å². The Hall–Kier alpha value is -2.10. The highest BCUT2D eigenvalue weighted by molar-refractivity contribution is 5.96. The molecule has 0 radical (unpaired) electrons. The van der Waals surface area contributed by atoms with Crippen molar-refractivity contribution in [1.29, 1.82) is 0 Å². The third-order valence-electron chi connectivity index (χ3n) is 1.95. The lowest BCUT2D eigenvalue weighted by Crippen LogP contribution is -1.98. The first kappa shape index (κ1) is 8.50. The number of nitrogens with two attached hydrogens (primary N) is 1. The van der Waals surface area contributed by atoms with Gasteiger partial charge in [0.05, 0.1) is 11.2 Å². The minimum Gasteiger partial charge on any atom is -0.384 e. The molecule has 1 heterocycles. The van der Waals surface area contributed by atoms with Crippen LogP contribution in [0.4, 0.5) is 11.5 Å². The van der Waals surface area contributed by atoms with Gasteiger partial charge >= 0.3 is 0 Å². The predicted molar refractivity (Wildman–Crippen MR) is 55.8 cm³/mol. The van der Waals surface area contributed by atoms with E-state index in [1.807, 2.05) is 24.3 Å². The molecule has 0 aliphatic rings. The van der Waals surface area contributed by atoms with E-state index in [2.05, 4.69) is 10.3 Å². The molecule has 14 heavy (non-hydrogen) atoms. The topological polar surface area (TPSA) is 68.0 Å². The maximum absolute atomic E-state index is 10.4. The van der Waals surface area contributed by atoms with Gasteiger partial charge in [-0.1, -0.05) is 18.2 Å². The van der Waals surface area contributed by atoms with Gasteiger partial charge in [0.1, 0.15) is 5.82 Å². The smallest absolute Gasteiger partial charge is 0.211 e. The Kier molecular flexibility index (Phi) is 2.02. The fourth-order valence-corrected chi connectivity index (χ4v) is 1.38. The van der Waals surface area contributed by atoms with Crippen molar-refractivity contribution in [2.45, 2.75) is 0 Å². The Balaban J connectivity index is 2.73. The molecule has 0 aliphatic carbocycles. The van der Waals surface area contributed by atoms with Gasteiger partial charge in [-0.2, -0.15) is 0 Å². The van der Waals surface area contributed by atoms with Gasteiger partial charge in [-0.3, -0.25) is 4.79 Å². The van der Waals surface area contributed by atoms with Gasteiger partial charge in [0.15, 0.2) is 0 Å². The first-order valence-electron chi connectivity index (χ1n) is 4.16. The number of nitrogen functional groups attached to an aromatic ring is 1. The Morgan fingerprint density at radius 3 is 2.93 bits per heavy atom. The molecule has 4 nitrogen and oxygen atoms in total. The Morgan fingerprint density at radius 1 is 1.36 bits per heavy atom. The zero-order valence-corrected chi connectivity index (χ0v) is 7.40. The van der Waals surface area contributed by atoms with Crippen molar-refractivity contribution >= 4 is 28.8 Å². The molecule has 0 unspecified atom stereocenters. The van der Waals surface area contributed by atoms with E-state index >= 15 is 0 Å². The van der Waals surface area contributed by atoms with Crippen molar-refractivity contribution < 1.29 is 4.79 Å². The number of para-hydroxylation sites is 1. The number of carbonyl (C=O) groups is 1. The molecule has 2 aromatic rings. The molecule has 0 saturated carbocycles. The molecule has 2 rings (SSSR count). The summed E-state index contributed by atoms with van der Waals surface area (Å²) in [4.78, 5) is 14.5. The summed E-state index contributed by atoms with van der Waals surface area (Å²) in [5.41, 5.74) is 7.05. The van der Waals surface area contributed by atoms with Crippen molar-refractivity contribution in [3.05, 3.63) is 30.3 Å². The van der Waals surface area contributed by atoms with Crippen LogP contribution in [0.5, 0.6) is 0 Å². The molecule has 4 heteroatoms. The monoisotopic (exact) mass is 187 g/mol. The van der Waals surface area contributed by atoms with Crippen molar-refractivity contribution in [3.63, 3.8) is 0 Å². The van der Waals surface area contributed by atoms with Crippen molar-refractivity contribution in [2.75, 3.05) is 11.1 Å². The van der Waals surface area contributed by atoms with Crippen LogP contribution in [0.15, 0.2) is 30.3 Å². The van der Waals surface area contributed by atoms with Crippen LogP contribution in [0.2, 0.25) is 0 Å². The van der Waals surface area contributed by atoms with Crippen LogP contribution < -0.4 is 11.1 Å². The number of aromatic nitrogens is 1. The number of nitrogens with zero attached hydrogens (tertiary/aromatic N) is 1. The first-order valence-corrected chi connectivity index (χ1v) is 4.16. The minimum absolute atomic E-state index is 0.396. The second-order valence-corrected chi connectivity index (χ2v) is 2.87. The SMILES string of the molecule is Nc1cc(NC=O)c2ccccc2n1. The molecular weight excluding hydrogens is 178 g/mol. The second kappa shape index (κ2) is 3.33. The fraction of sp³-hybridized carbons (Fsp3) is 0. The summed E-state index contributed by atoms with van der Waals surface area (Å²) in [5, 5.41) is 3.47. The summed E-state index contributed by atoms with van der Waals surface area (Å²) in [6.45, 7) is 0. The molecule has 70 valence electrons. The van der Waals surface area contributed by atoms with Crippen molar-refractivity contribution in [3.8, 4) is 0 Å². The third kappa shape index (κ3) is 1.37. The molecule has 0 atom stereocenters. The third-order valence-corrected chi connectivity index (χ3v) is 1.95. The molecular formula is C10H9N3O. The largest absolute Gasteiger partial charge is 0.384 e. The van der Waals surface area contributed by atoms with Crippen LogP contribution in [0, 0.1) is 0 Å². The first-order chi connectivity index (χ1) is 6.81. The molecule has 0 saturated heterocycles. The second-order valence-electron chi connectivity index (χ2n) is 2.87. The lowest BCUT2D eigenvalue weighted by Gasteiger charge is -2.05. The molecule has 1 amide bonds. The zero-order valence-electron chi connectivity index (χ0n) is 7.40. The van der Waals surface area contributed by atoms with E-state index in [0.29, 0.717) is 17.9 Å². The van der Waals surface area contributed by atoms with Gasteiger partial charge in [0.2, 0.25) is 6.41 Å². The van der Waals surface area contributed by atoms with Crippen LogP contribution in [0.25, 0.3) is 10.9 Å². The van der Waals surface area contributed by atoms with Crippen LogP contribution in [-0.2, 0) is 4.79 Å². The number of nitrogens with one attached hydrogen (secondary N) is 1. The van der Waals surface area contributed by atoms with E-state index in [4.69, 9.17) is 5.73 Å². The minimum atomic E-state index is 0.396. The van der Waals surface area contributed by atoms with Gasteiger partial charge in [-0.05, 0) is 6.07 Å². The summed E-state index contributed by atoms with van der Waals surface area (Å²) in [6, 6.07) is 9.13. The van der Waals surface area contributed by atoms with E-state index in [-0.39, 0.29) is 0 Å². The molecule has 0 bridgehead atoms. The summed E-state index contributed by atoms with van der Waals surface area (Å²) in [5.74, 6) is 0.396. The average Bonchev–Trinajstić information content (AvgIpc) is 2.18. The van der Waals surface area contributed by atoms with Crippen molar-refractivity contribution in [1.82, 2.24) is 4.98 Å². The highest BCUT2D eigenvalue weighted by atomic mass is 16.1. The summed E-state index contributed by atoms with van der Waals surface area (Å²) < 4.78 is 0. The van der Waals surface area contributed by atoms with Gasteiger partial charge in [-0.15, -0.1) is 0 Å². The molecule has 3 N–H and O–H groups in total. The van der Waals surface area contributed by atoms with E-state index < -0.39 is 0 Å². The number of pyridine rings is 1. The molecule has 0 spiro atoms. The highest BCUT2D eigenvalue weighted by Crippen LogP contribution is 2.23. The normalized spacial score (nSPS) is 10.0. The van der Waals surface area contributed by atoms with Crippen LogP contribution >= 0.6 is 0 Å². The summed E-state index contributed by atoms with van der Waals surface area (Å²) in [7, 11) is 0. The summed E-state index contributed by atoms with van der Waals surface area (Å²) >= 11 is 0. The molecule has 1 aromatic carbocycles. The Bertz CT molecular complexity index is 482. The highest BCUT2D eigenvalue weighted by Gasteiger charge is 2.01. The van der Waals surface area contributed by atoms with Gasteiger partial charge in [-0.25, -0.2) is 4.98 Å². The maximum Gasteiger partial charge on any atom is 0.211 e. The molecule has 0 aliphatic heterocycles. The van der Waals surface area contributed by atoms with Gasteiger partial charge < -0.3 is 11.1 Å². The number of rotatable bonds is 2. The quantitative estimate of drug-likeness (QED) is 0.698. The van der Waals surface area contributed by atoms with Crippen LogP contribution in [0.1, 0.15) is 0 Å². The number of hydrogen-bond donors (Lipinski definition) is 2. The Labute approximate surface area is 80.7 Å². The number of amides is 1. The fourth-order valence-electron chi connectivity index (χ4n) is 1.38. The predicted octanol–water partition coefficient (Wildman–Crippen LogP) is 1.39. The molecule has 0 fully saturated rings. The van der Waals surface area contributed by atoms with E-state index in [9.17, 15) is 4.79 Å². The Morgan fingerprint density at radius 2 is 2.14 bits per heavy atom. The zero-order chi connectivity index (χ0) is 9.97. The van der Waals surface area contributed by atoms with E-state index in [1.54, 1.807) is 6.07 Å². The number of carbonyl (C=O) groups excluding carboxylic acids is 1. The summed E-state index contributed by atoms with van der Waals surface area (Å²) in [6.07, 6.45) is 0.626. The van der Waals surface area contributed by atoms with Crippen LogP contribution in [0.3, 0.4) is 0 Å². The number of benzene rings is 1. The standard InChI is InChI=1S/C10H9N3O/c11-10-5-9(12-6-14)7-3-1-2-4-8(7)13-10/h1-6H,(H3,11,12,13,14). The maximum atomic E-state index is 10.4. The average molecular weight is 187 g/mol. The van der Waals surface area contributed by atoms with Gasteiger partial charge in [0, 0.05) is 11.5 Å². The number of anilines is 2. The lowest BCUT2D eigenvalue weighted by atomic mass is 10.2. The van der Waals surface area contributed by atoms with Crippen LogP contribution in [-0.4, -0.2) is 11.4 Å². The lowest BCUT2D eigenvalue weighted by molar-refractivity contribution is -0.105.